The van der Waals surface area contributed by atoms with Gasteiger partial charge in [-0.25, -0.2) is 0 Å². The number of alkyl halides is 9. The van der Waals surface area contributed by atoms with Gasteiger partial charge in [-0.3, -0.25) is 28.8 Å². The summed E-state index contributed by atoms with van der Waals surface area (Å²) in [6, 6.07) is 0. The van der Waals surface area contributed by atoms with E-state index in [-0.39, 0.29) is 170 Å². The van der Waals surface area contributed by atoms with E-state index in [0.29, 0.717) is 17.3 Å². The van der Waals surface area contributed by atoms with Crippen LogP contribution in [-0.4, -0.2) is 132 Å². The van der Waals surface area contributed by atoms with Gasteiger partial charge >= 0.3 is 54.3 Å². The molecule has 0 saturated heterocycles. The van der Waals surface area contributed by atoms with E-state index in [1.165, 1.54) is 91.4 Å². The first-order valence-electron chi connectivity index (χ1n) is 41.5. The van der Waals surface area contributed by atoms with Gasteiger partial charge in [0.2, 0.25) is 0 Å². The minimum absolute atomic E-state index is 0. The van der Waals surface area contributed by atoms with E-state index in [2.05, 4.69) is 35.0 Å². The molecule has 18 nitrogen and oxygen atoms in total. The molecule has 0 spiro atoms. The molecule has 748 valence electrons. The Morgan fingerprint density at radius 1 is 0.333 bits per heavy atom. The van der Waals surface area contributed by atoms with Crippen molar-refractivity contribution in [1.82, 2.24) is 0 Å². The van der Waals surface area contributed by atoms with Crippen LogP contribution in [0.4, 0.5) is 39.5 Å². The molecule has 0 amide bonds. The lowest BCUT2D eigenvalue weighted by Crippen LogP contribution is -2.43. The van der Waals surface area contributed by atoms with Crippen LogP contribution in [-0.2, 0) is 85.6 Å². The standard InChI is InChI=1S/C18H32O3.C14H23F3O3.C14H26O3.C13H21F3O3.C13H24O3.C12H19F3O3.12CH4/c1-8-16(3,4)15(19)21-12(2)20-14-11-13-9-10-18(14,7)17(13,5)6;1-3-13(2,14(15,16)17)12(18)20-10-19-11-8-6-4-5-7-9-11;1-4-14(2,3)13(15)17-11-16-10-12-8-6-5-7-9-12;1-3-12(2,13(14,15)16)11(17)19-9-18-10-7-5-4-6-8-10;1-4-13(2,3)12(14)16-10-15-9-11-7-5-6-8-11;1-3-11(2,12(13,14)15)10(16)18-8-17-9-6-4-5-7-9;;;;;;;;;;;;/h12-14H,8-11H2,1-7H3;11H,3-10H2,1-2H3;12H,4-11H2,1-3H3;10H,3-9H2,1-2H3;11H,4-10H2,1-3H3;9H,3-8H2,1-2H3;12*1H4. The Labute approximate surface area is 747 Å². The van der Waals surface area contributed by atoms with Crippen molar-refractivity contribution in [3.05, 3.63) is 0 Å². The van der Waals surface area contributed by atoms with Crippen LogP contribution in [0.3, 0.4) is 0 Å². The average Bonchev–Trinajstić information content (AvgIpc) is 1.56. The van der Waals surface area contributed by atoms with Crippen molar-refractivity contribution in [2.75, 3.05) is 47.2 Å². The first-order chi connectivity index (χ1) is 51.6. The van der Waals surface area contributed by atoms with E-state index < -0.39 is 95.6 Å². The molecule has 0 N–H and O–H groups in total. The minimum Gasteiger partial charge on any atom is -0.438 e. The highest BCUT2D eigenvalue weighted by Gasteiger charge is 2.63. The molecule has 123 heavy (non-hydrogen) atoms. The van der Waals surface area contributed by atoms with Crippen molar-refractivity contribution in [1.29, 1.82) is 0 Å². The molecule has 7 atom stereocenters. The smallest absolute Gasteiger partial charge is 0.404 e. The van der Waals surface area contributed by atoms with Gasteiger partial charge in [-0.15, -0.1) is 0 Å². The van der Waals surface area contributed by atoms with Gasteiger partial charge in [0.25, 0.3) is 0 Å². The van der Waals surface area contributed by atoms with Gasteiger partial charge in [-0.05, 0) is 220 Å². The van der Waals surface area contributed by atoms with Gasteiger partial charge in [0.1, 0.15) is 0 Å². The van der Waals surface area contributed by atoms with Crippen LogP contribution in [0.1, 0.15) is 433 Å². The Morgan fingerprint density at radius 3 is 0.821 bits per heavy atom. The number of halogens is 9. The fraction of sp³-hybridized carbons (Fsp3) is 0.938. The van der Waals surface area contributed by atoms with Crippen molar-refractivity contribution in [3.8, 4) is 0 Å². The van der Waals surface area contributed by atoms with Crippen molar-refractivity contribution < 1.29 is 125 Å². The average molecular weight is 1810 g/mol. The predicted molar refractivity (Wildman–Crippen MR) is 485 cm³/mol. The lowest BCUT2D eigenvalue weighted by Gasteiger charge is -2.39. The summed E-state index contributed by atoms with van der Waals surface area (Å²) in [5, 5.41) is 0. The maximum atomic E-state index is 12.8. The van der Waals surface area contributed by atoms with Crippen molar-refractivity contribution in [2.24, 2.45) is 61.1 Å². The molecule has 0 aromatic rings. The zero-order chi connectivity index (χ0) is 84.4. The summed E-state index contributed by atoms with van der Waals surface area (Å²) >= 11 is 0. The number of rotatable bonds is 32. The Bertz CT molecular complexity index is 2680. The van der Waals surface area contributed by atoms with Crippen molar-refractivity contribution >= 4 is 35.8 Å². The normalized spacial score (nSPS) is 20.6. The number of ether oxygens (including phenoxy) is 12. The highest BCUT2D eigenvalue weighted by atomic mass is 19.4. The Hall–Kier alpha value is -4.05. The summed E-state index contributed by atoms with van der Waals surface area (Å²) in [5.41, 5.74) is -8.06. The third-order valence-electron chi connectivity index (χ3n) is 25.6. The summed E-state index contributed by atoms with van der Waals surface area (Å²) in [7, 11) is 0. The lowest BCUT2D eigenvalue weighted by atomic mass is 9.70. The van der Waals surface area contributed by atoms with Gasteiger partial charge in [0.05, 0.1) is 53.9 Å². The minimum atomic E-state index is -4.61. The van der Waals surface area contributed by atoms with E-state index >= 15 is 0 Å². The van der Waals surface area contributed by atoms with Gasteiger partial charge in [-0.1, -0.05) is 241 Å². The van der Waals surface area contributed by atoms with Gasteiger partial charge in [-0.2, -0.15) is 39.5 Å². The quantitative estimate of drug-likeness (QED) is 0.0153. The van der Waals surface area contributed by atoms with E-state index in [1.807, 2.05) is 69.2 Å². The van der Waals surface area contributed by atoms with E-state index in [1.54, 1.807) is 0 Å². The number of hydrogen-bond donors (Lipinski definition) is 0. The maximum Gasteiger partial charge on any atom is 0.404 e. The zero-order valence-corrected chi connectivity index (χ0v) is 71.2. The fourth-order valence-electron chi connectivity index (χ4n) is 14.0. The van der Waals surface area contributed by atoms with E-state index in [4.69, 9.17) is 42.6 Å². The molecule has 2 bridgehead atoms. The van der Waals surface area contributed by atoms with Crippen LogP contribution in [0.15, 0.2) is 0 Å². The third kappa shape index (κ3) is 45.4. The molecule has 0 heterocycles. The highest BCUT2D eigenvalue weighted by molar-refractivity contribution is 5.79. The lowest BCUT2D eigenvalue weighted by molar-refractivity contribution is -0.238. The zero-order valence-electron chi connectivity index (χ0n) is 71.2. The number of fused-ring (bicyclic) bond motifs is 2. The van der Waals surface area contributed by atoms with Crippen LogP contribution in [0.2, 0.25) is 0 Å². The van der Waals surface area contributed by atoms with Crippen LogP contribution in [0.5, 0.6) is 0 Å². The molecule has 0 aliphatic heterocycles. The molecule has 7 saturated carbocycles. The van der Waals surface area contributed by atoms with Crippen molar-refractivity contribution in [2.45, 2.75) is 482 Å². The largest absolute Gasteiger partial charge is 0.438 e. The van der Waals surface area contributed by atoms with Gasteiger partial charge in [0, 0.05) is 0 Å². The molecule has 7 aliphatic rings. The molecule has 0 radical (unpaired) electrons. The maximum absolute atomic E-state index is 12.8. The first kappa shape index (κ1) is 142. The van der Waals surface area contributed by atoms with Crippen molar-refractivity contribution in [3.63, 3.8) is 0 Å². The SMILES string of the molecule is C.C.C.C.C.C.C.C.C.C.C.C.CCC(C)(C(=O)OCOC1CCCC1)C(F)(F)F.CCC(C)(C(=O)OCOC1CCCCC1)C(F)(F)F.CCC(C)(C(=O)OCOC1CCCCCC1)C(F)(F)F.CCC(C)(C)C(=O)OC(C)OC1CC2CCC1(C)C2(C)C.CCC(C)(C)C(=O)OCOCC1CCCC1.CCC(C)(C)C(=O)OCOCC1CCCCC1. The molecule has 27 heteroatoms. The van der Waals surface area contributed by atoms with Gasteiger partial charge in [0.15, 0.2) is 56.5 Å². The summed E-state index contributed by atoms with van der Waals surface area (Å²) < 4.78 is 178. The number of esters is 6. The molecule has 0 aromatic carbocycles. The number of hydrogen-bond acceptors (Lipinski definition) is 18. The third-order valence-corrected chi connectivity index (χ3v) is 25.6. The molecular weight excluding hydrogens is 1610 g/mol. The van der Waals surface area contributed by atoms with E-state index in [0.717, 1.165) is 162 Å². The topological polar surface area (TPSA) is 213 Å². The number of carbonyl (C=O) groups is 6. The molecule has 7 unspecified atom stereocenters. The van der Waals surface area contributed by atoms with Crippen LogP contribution in [0.25, 0.3) is 0 Å². The Morgan fingerprint density at radius 2 is 0.577 bits per heavy atom. The monoisotopic (exact) mass is 1810 g/mol. The Balaban J connectivity index is -0.000000134. The Kier molecular flexibility index (Phi) is 76.6. The van der Waals surface area contributed by atoms with Crippen LogP contribution >= 0.6 is 0 Å². The second kappa shape index (κ2) is 66.3. The first-order valence-corrected chi connectivity index (χ1v) is 41.5. The number of carbonyl (C=O) groups excluding carboxylic acids is 6. The van der Waals surface area contributed by atoms with Gasteiger partial charge < -0.3 is 56.8 Å². The molecule has 7 fully saturated rings. The van der Waals surface area contributed by atoms with Crippen LogP contribution in [0, 0.1) is 61.1 Å². The molecule has 7 aliphatic carbocycles. The van der Waals surface area contributed by atoms with Crippen LogP contribution < -0.4 is 0 Å². The molecular formula is C96H193F9O18. The second-order valence-electron chi connectivity index (χ2n) is 34.9. The second-order valence-corrected chi connectivity index (χ2v) is 34.9. The summed E-state index contributed by atoms with van der Waals surface area (Å²) in [6.07, 6.45) is 17.5. The molecule has 0 aromatic heterocycles. The summed E-state index contributed by atoms with van der Waals surface area (Å²) in [6.45, 7) is 33.4. The summed E-state index contributed by atoms with van der Waals surface area (Å²) in [4.78, 5) is 70.1. The molecule has 7 rings (SSSR count). The van der Waals surface area contributed by atoms with E-state index in [9.17, 15) is 68.3 Å². The predicted octanol–water partition coefficient (Wildman–Crippen LogP) is 30.3. The fourth-order valence-corrected chi connectivity index (χ4v) is 14.0. The highest BCUT2D eigenvalue weighted by Crippen LogP contribution is 2.66. The summed E-state index contributed by atoms with van der Waals surface area (Å²) in [5.74, 6) is -2.20.